The Labute approximate surface area is 94.5 Å². The molecule has 0 aromatic carbocycles. The number of anilines is 1. The molecule has 2 heterocycles. The van der Waals surface area contributed by atoms with Crippen LogP contribution in [0.4, 0.5) is 5.69 Å². The van der Waals surface area contributed by atoms with Gasteiger partial charge in [-0.05, 0) is 18.6 Å². The van der Waals surface area contributed by atoms with E-state index in [9.17, 15) is 0 Å². The predicted molar refractivity (Wildman–Crippen MR) is 62.2 cm³/mol. The average Bonchev–Trinajstić information content (AvgIpc) is 2.67. The van der Waals surface area contributed by atoms with Crippen LogP contribution in [0.1, 0.15) is 11.4 Å². The van der Waals surface area contributed by atoms with Crippen LogP contribution in [0.25, 0.3) is 0 Å². The van der Waals surface area contributed by atoms with Crippen molar-refractivity contribution in [2.24, 2.45) is 7.05 Å². The van der Waals surface area contributed by atoms with E-state index in [2.05, 4.69) is 20.5 Å². The number of aromatic nitrogens is 4. The van der Waals surface area contributed by atoms with Crippen molar-refractivity contribution >= 4 is 5.69 Å². The van der Waals surface area contributed by atoms with Gasteiger partial charge in [-0.1, -0.05) is 0 Å². The fourth-order valence-corrected chi connectivity index (χ4v) is 1.51. The molecule has 0 aliphatic heterocycles. The van der Waals surface area contributed by atoms with Crippen LogP contribution < -0.4 is 5.32 Å². The van der Waals surface area contributed by atoms with Gasteiger partial charge < -0.3 is 9.88 Å². The number of pyridine rings is 1. The Morgan fingerprint density at radius 2 is 2.31 bits per heavy atom. The quantitative estimate of drug-likeness (QED) is 0.835. The van der Waals surface area contributed by atoms with Crippen LogP contribution in [0.3, 0.4) is 0 Å². The van der Waals surface area contributed by atoms with Crippen LogP contribution >= 0.6 is 0 Å². The molecular formula is C11H15N5. The molecule has 5 heteroatoms. The van der Waals surface area contributed by atoms with Crippen molar-refractivity contribution < 1.29 is 0 Å². The molecule has 1 N–H and O–H groups in total. The third-order valence-corrected chi connectivity index (χ3v) is 2.49. The van der Waals surface area contributed by atoms with Crippen LogP contribution in [-0.2, 0) is 13.5 Å². The number of hydrogen-bond acceptors (Lipinski definition) is 4. The van der Waals surface area contributed by atoms with E-state index in [1.165, 1.54) is 0 Å². The van der Waals surface area contributed by atoms with Gasteiger partial charge in [0.15, 0.2) is 0 Å². The lowest BCUT2D eigenvalue weighted by Crippen LogP contribution is -2.09. The van der Waals surface area contributed by atoms with Gasteiger partial charge in [0.05, 0.1) is 0 Å². The molecule has 16 heavy (non-hydrogen) atoms. The molecule has 0 fully saturated rings. The minimum atomic E-state index is 0.845. The summed E-state index contributed by atoms with van der Waals surface area (Å²) in [5, 5.41) is 11.2. The summed E-state index contributed by atoms with van der Waals surface area (Å²) in [4.78, 5) is 4.05. The molecule has 0 bridgehead atoms. The Morgan fingerprint density at radius 3 is 3.00 bits per heavy atom. The van der Waals surface area contributed by atoms with Crippen molar-refractivity contribution in [1.29, 1.82) is 0 Å². The molecule has 0 aliphatic rings. The van der Waals surface area contributed by atoms with Crippen LogP contribution in [0, 0.1) is 6.92 Å². The first-order valence-corrected chi connectivity index (χ1v) is 5.25. The highest BCUT2D eigenvalue weighted by Crippen LogP contribution is 2.11. The van der Waals surface area contributed by atoms with Crippen molar-refractivity contribution in [2.45, 2.75) is 13.3 Å². The van der Waals surface area contributed by atoms with Crippen molar-refractivity contribution in [3.05, 3.63) is 36.2 Å². The maximum Gasteiger partial charge on any atom is 0.134 e. The zero-order chi connectivity index (χ0) is 11.4. The van der Waals surface area contributed by atoms with Gasteiger partial charge in [0, 0.05) is 38.1 Å². The lowest BCUT2D eigenvalue weighted by molar-refractivity contribution is 0.788. The van der Waals surface area contributed by atoms with Crippen molar-refractivity contribution in [2.75, 3.05) is 11.9 Å². The number of nitrogens with zero attached hydrogens (tertiary/aromatic N) is 4. The van der Waals surface area contributed by atoms with Crippen LogP contribution in [0.15, 0.2) is 24.8 Å². The van der Waals surface area contributed by atoms with Crippen LogP contribution in [-0.4, -0.2) is 26.3 Å². The SMILES string of the molecule is Cc1cnccc1NCCc1nncn1C. The third kappa shape index (κ3) is 2.36. The normalized spacial score (nSPS) is 10.4. The first-order chi connectivity index (χ1) is 7.77. The van der Waals surface area contributed by atoms with Gasteiger partial charge in [0.1, 0.15) is 12.2 Å². The summed E-state index contributed by atoms with van der Waals surface area (Å²) in [7, 11) is 1.95. The molecule has 2 aromatic rings. The van der Waals surface area contributed by atoms with Gasteiger partial charge in [0.2, 0.25) is 0 Å². The summed E-state index contributed by atoms with van der Waals surface area (Å²) in [6.45, 7) is 2.88. The van der Waals surface area contributed by atoms with Gasteiger partial charge >= 0.3 is 0 Å². The van der Waals surface area contributed by atoms with Gasteiger partial charge in [-0.15, -0.1) is 10.2 Å². The molecule has 0 spiro atoms. The van der Waals surface area contributed by atoms with E-state index in [0.29, 0.717) is 0 Å². The summed E-state index contributed by atoms with van der Waals surface area (Å²) in [5.74, 6) is 0.985. The van der Waals surface area contributed by atoms with E-state index in [4.69, 9.17) is 0 Å². The molecule has 0 unspecified atom stereocenters. The number of nitrogens with one attached hydrogen (secondary N) is 1. The largest absolute Gasteiger partial charge is 0.384 e. The minimum absolute atomic E-state index is 0.845. The third-order valence-electron chi connectivity index (χ3n) is 2.49. The van der Waals surface area contributed by atoms with Crippen LogP contribution in [0.2, 0.25) is 0 Å². The maximum absolute atomic E-state index is 4.05. The van der Waals surface area contributed by atoms with Crippen molar-refractivity contribution in [3.8, 4) is 0 Å². The zero-order valence-corrected chi connectivity index (χ0v) is 9.51. The molecule has 2 aromatic heterocycles. The van der Waals surface area contributed by atoms with Crippen molar-refractivity contribution in [3.63, 3.8) is 0 Å². The van der Waals surface area contributed by atoms with E-state index >= 15 is 0 Å². The second kappa shape index (κ2) is 4.74. The summed E-state index contributed by atoms with van der Waals surface area (Å²) < 4.78 is 1.93. The van der Waals surface area contributed by atoms with Gasteiger partial charge in [-0.2, -0.15) is 0 Å². The Kier molecular flexibility index (Phi) is 3.14. The monoisotopic (exact) mass is 217 g/mol. The summed E-state index contributed by atoms with van der Waals surface area (Å²) in [6.07, 6.45) is 6.22. The topological polar surface area (TPSA) is 55.6 Å². The molecule has 0 radical (unpaired) electrons. The fraction of sp³-hybridized carbons (Fsp3) is 0.364. The molecule has 0 saturated heterocycles. The van der Waals surface area contributed by atoms with E-state index < -0.39 is 0 Å². The highest BCUT2D eigenvalue weighted by molar-refractivity contribution is 5.48. The number of hydrogen-bond donors (Lipinski definition) is 1. The lowest BCUT2D eigenvalue weighted by Gasteiger charge is -2.08. The Morgan fingerprint density at radius 1 is 1.44 bits per heavy atom. The Bertz CT molecular complexity index is 463. The number of aryl methyl sites for hydroxylation is 2. The van der Waals surface area contributed by atoms with E-state index in [1.807, 2.05) is 30.8 Å². The van der Waals surface area contributed by atoms with Crippen molar-refractivity contribution in [1.82, 2.24) is 19.7 Å². The Hall–Kier alpha value is -1.91. The molecule has 84 valence electrons. The minimum Gasteiger partial charge on any atom is -0.384 e. The summed E-state index contributed by atoms with van der Waals surface area (Å²) in [5.41, 5.74) is 2.28. The first-order valence-electron chi connectivity index (χ1n) is 5.25. The first kappa shape index (κ1) is 10.6. The summed E-state index contributed by atoms with van der Waals surface area (Å²) >= 11 is 0. The zero-order valence-electron chi connectivity index (χ0n) is 9.51. The standard InChI is InChI=1S/C11H15N5/c1-9-7-12-5-3-10(9)13-6-4-11-15-14-8-16(11)2/h3,5,7-8H,4,6H2,1-2H3,(H,12,13). The maximum atomic E-state index is 4.05. The molecule has 0 amide bonds. The fourth-order valence-electron chi connectivity index (χ4n) is 1.51. The molecule has 5 nitrogen and oxygen atoms in total. The van der Waals surface area contributed by atoms with E-state index in [0.717, 1.165) is 30.0 Å². The second-order valence-electron chi connectivity index (χ2n) is 3.73. The molecule has 2 rings (SSSR count). The predicted octanol–water partition coefficient (Wildman–Crippen LogP) is 1.17. The highest BCUT2D eigenvalue weighted by Gasteiger charge is 2.01. The Balaban J connectivity index is 1.89. The highest BCUT2D eigenvalue weighted by atomic mass is 15.2. The van der Waals surface area contributed by atoms with E-state index in [1.54, 1.807) is 12.5 Å². The van der Waals surface area contributed by atoms with Gasteiger partial charge in [-0.3, -0.25) is 4.98 Å². The smallest absolute Gasteiger partial charge is 0.134 e. The van der Waals surface area contributed by atoms with Crippen LogP contribution in [0.5, 0.6) is 0 Å². The van der Waals surface area contributed by atoms with E-state index in [-0.39, 0.29) is 0 Å². The number of rotatable bonds is 4. The van der Waals surface area contributed by atoms with Gasteiger partial charge in [-0.25, -0.2) is 0 Å². The van der Waals surface area contributed by atoms with Gasteiger partial charge in [0.25, 0.3) is 0 Å². The molecular weight excluding hydrogens is 202 g/mol. The molecule has 0 saturated carbocycles. The second-order valence-corrected chi connectivity index (χ2v) is 3.73. The average molecular weight is 217 g/mol. The molecule has 0 aliphatic carbocycles. The summed E-state index contributed by atoms with van der Waals surface area (Å²) in [6, 6.07) is 1.98. The lowest BCUT2D eigenvalue weighted by atomic mass is 10.2. The molecule has 0 atom stereocenters.